The summed E-state index contributed by atoms with van der Waals surface area (Å²) in [6, 6.07) is 21.4. The molecule has 45 heavy (non-hydrogen) atoms. The summed E-state index contributed by atoms with van der Waals surface area (Å²) in [5, 5.41) is 1.01. The summed E-state index contributed by atoms with van der Waals surface area (Å²) in [6.07, 6.45) is 1.94. The number of fused-ring (bicyclic) bond motifs is 2. The second-order valence-corrected chi connectivity index (χ2v) is 12.0. The Morgan fingerprint density at radius 1 is 1.02 bits per heavy atom. The first-order valence-electron chi connectivity index (χ1n) is 15.0. The Labute approximate surface area is 264 Å². The van der Waals surface area contributed by atoms with E-state index in [4.69, 9.17) is 9.73 Å². The zero-order chi connectivity index (χ0) is 31.8. The number of allylic oxidation sites excluding steroid dienone is 1. The fraction of sp³-hybridized carbons (Fsp3) is 0.250. The molecule has 5 aromatic rings. The van der Waals surface area contributed by atoms with Crippen LogP contribution in [0.15, 0.2) is 93.9 Å². The average molecular weight is 623 g/mol. The highest BCUT2D eigenvalue weighted by atomic mass is 32.1. The molecule has 7 nitrogen and oxygen atoms in total. The maximum atomic E-state index is 14.4. The quantitative estimate of drug-likeness (QED) is 0.228. The number of carbonyl (C=O) groups is 1. The number of amides is 1. The van der Waals surface area contributed by atoms with Crippen LogP contribution in [0.3, 0.4) is 0 Å². The number of carbonyl (C=O) groups excluding carboxylic acids is 1. The molecule has 6 rings (SSSR count). The normalized spacial score (nSPS) is 14.9. The van der Waals surface area contributed by atoms with Gasteiger partial charge in [0.05, 0.1) is 22.9 Å². The first-order valence-corrected chi connectivity index (χ1v) is 15.9. The van der Waals surface area contributed by atoms with Crippen molar-refractivity contribution in [2.24, 2.45) is 4.99 Å². The van der Waals surface area contributed by atoms with Crippen LogP contribution in [0, 0.1) is 12.7 Å². The molecule has 1 aliphatic heterocycles. The maximum Gasteiger partial charge on any atom is 0.271 e. The Kier molecular flexibility index (Phi) is 8.29. The van der Waals surface area contributed by atoms with Gasteiger partial charge in [-0.05, 0) is 63.6 Å². The van der Waals surface area contributed by atoms with Crippen LogP contribution in [-0.2, 0) is 11.3 Å². The van der Waals surface area contributed by atoms with Gasteiger partial charge in [0.15, 0.2) is 4.80 Å². The number of rotatable bonds is 8. The summed E-state index contributed by atoms with van der Waals surface area (Å²) in [5.74, 6) is 0.176. The predicted octanol–water partition coefficient (Wildman–Crippen LogP) is 5.56. The van der Waals surface area contributed by atoms with Gasteiger partial charge >= 0.3 is 0 Å². The minimum atomic E-state index is -0.700. The Morgan fingerprint density at radius 3 is 2.42 bits per heavy atom. The molecule has 0 spiro atoms. The van der Waals surface area contributed by atoms with Crippen molar-refractivity contribution in [1.82, 2.24) is 14.0 Å². The number of methoxy groups -OCH3 is 1. The Morgan fingerprint density at radius 2 is 1.71 bits per heavy atom. The molecule has 0 fully saturated rings. The molecule has 1 atom stereocenters. The summed E-state index contributed by atoms with van der Waals surface area (Å²) in [4.78, 5) is 35.5. The van der Waals surface area contributed by atoms with E-state index in [9.17, 15) is 14.0 Å². The predicted molar refractivity (Wildman–Crippen MR) is 177 cm³/mol. The standard InChI is InChI=1S/C36H35FN4O3S/c1-6-39(7-2)35(43)32-22(3)38-36-41(33(32)27-13-9-11-15-30(27)44-5)34(42)31(45-36)20-28-23(4)40(29-14-10-8-12-26(28)29)21-24-16-18-25(37)19-17-24/h8-20,33H,6-7,21H2,1-5H3/b31-20+/t33-/m0/s1. The van der Waals surface area contributed by atoms with Gasteiger partial charge in [0.1, 0.15) is 17.6 Å². The third-order valence-corrected chi connectivity index (χ3v) is 9.53. The molecule has 1 aliphatic rings. The number of ether oxygens (including phenoxy) is 1. The van der Waals surface area contributed by atoms with Crippen LogP contribution in [-0.4, -0.2) is 40.1 Å². The van der Waals surface area contributed by atoms with Crippen LogP contribution < -0.4 is 19.6 Å². The van der Waals surface area contributed by atoms with E-state index in [1.165, 1.54) is 23.5 Å². The molecule has 1 amide bonds. The minimum absolute atomic E-state index is 0.147. The number of nitrogens with zero attached hydrogens (tertiary/aromatic N) is 4. The second kappa shape index (κ2) is 12.3. The SMILES string of the molecule is CCN(CC)C(=O)C1=C(C)N=c2s/c(=C/c3c(C)n(Cc4ccc(F)cc4)c4ccccc34)c(=O)n2[C@H]1c1ccccc1OC. The van der Waals surface area contributed by atoms with Crippen molar-refractivity contribution in [2.75, 3.05) is 20.2 Å². The van der Waals surface area contributed by atoms with Crippen LogP contribution in [0.2, 0.25) is 0 Å². The number of aromatic nitrogens is 2. The van der Waals surface area contributed by atoms with Crippen molar-refractivity contribution >= 4 is 34.2 Å². The fourth-order valence-corrected chi connectivity index (χ4v) is 7.24. The van der Waals surface area contributed by atoms with Crippen LogP contribution >= 0.6 is 11.3 Å². The molecule has 3 aromatic carbocycles. The van der Waals surface area contributed by atoms with Crippen LogP contribution in [0.1, 0.15) is 49.2 Å². The number of likely N-dealkylation sites (N-methyl/N-ethyl adjacent to an activating group) is 1. The Bertz CT molecular complexity index is 2140. The third-order valence-electron chi connectivity index (χ3n) is 8.55. The highest BCUT2D eigenvalue weighted by Crippen LogP contribution is 2.36. The average Bonchev–Trinajstić information content (AvgIpc) is 3.50. The van der Waals surface area contributed by atoms with E-state index >= 15 is 0 Å². The molecule has 2 aromatic heterocycles. The van der Waals surface area contributed by atoms with Crippen molar-refractivity contribution in [3.8, 4) is 5.75 Å². The van der Waals surface area contributed by atoms with E-state index in [-0.39, 0.29) is 17.3 Å². The number of hydrogen-bond acceptors (Lipinski definition) is 5. The first kappa shape index (κ1) is 30.3. The smallest absolute Gasteiger partial charge is 0.271 e. The van der Waals surface area contributed by atoms with Gasteiger partial charge in [-0.1, -0.05) is 59.9 Å². The lowest BCUT2D eigenvalue weighted by molar-refractivity contribution is -0.127. The number of benzene rings is 3. The van der Waals surface area contributed by atoms with Crippen LogP contribution in [0.5, 0.6) is 5.75 Å². The second-order valence-electron chi connectivity index (χ2n) is 11.0. The number of para-hydroxylation sites is 2. The van der Waals surface area contributed by atoms with Crippen molar-refractivity contribution in [3.63, 3.8) is 0 Å². The zero-order valence-corrected chi connectivity index (χ0v) is 26.8. The monoisotopic (exact) mass is 622 g/mol. The van der Waals surface area contributed by atoms with E-state index in [1.54, 1.807) is 28.7 Å². The summed E-state index contributed by atoms with van der Waals surface area (Å²) in [6.45, 7) is 9.40. The molecule has 0 N–H and O–H groups in total. The van der Waals surface area contributed by atoms with E-state index in [0.29, 0.717) is 46.0 Å². The van der Waals surface area contributed by atoms with Gasteiger partial charge < -0.3 is 14.2 Å². The molecule has 230 valence electrons. The van der Waals surface area contributed by atoms with E-state index in [1.807, 2.05) is 70.2 Å². The van der Waals surface area contributed by atoms with Crippen LogP contribution in [0.25, 0.3) is 17.0 Å². The summed E-state index contributed by atoms with van der Waals surface area (Å²) in [5.41, 5.74) is 5.48. The third kappa shape index (κ3) is 5.31. The Hall–Kier alpha value is -4.76. The highest BCUT2D eigenvalue weighted by molar-refractivity contribution is 7.07. The van der Waals surface area contributed by atoms with Crippen molar-refractivity contribution < 1.29 is 13.9 Å². The number of halogens is 1. The van der Waals surface area contributed by atoms with Gasteiger partial charge in [-0.2, -0.15) is 0 Å². The lowest BCUT2D eigenvalue weighted by Crippen LogP contribution is -2.43. The van der Waals surface area contributed by atoms with Gasteiger partial charge in [0.2, 0.25) is 0 Å². The molecule has 3 heterocycles. The van der Waals surface area contributed by atoms with E-state index in [2.05, 4.69) is 16.7 Å². The van der Waals surface area contributed by atoms with Gasteiger partial charge in [-0.25, -0.2) is 9.38 Å². The lowest BCUT2D eigenvalue weighted by Gasteiger charge is -2.29. The van der Waals surface area contributed by atoms with Crippen molar-refractivity contribution in [3.05, 3.63) is 132 Å². The summed E-state index contributed by atoms with van der Waals surface area (Å²) >= 11 is 1.32. The van der Waals surface area contributed by atoms with Crippen molar-refractivity contribution in [1.29, 1.82) is 0 Å². The summed E-state index contributed by atoms with van der Waals surface area (Å²) < 4.78 is 23.7. The van der Waals surface area contributed by atoms with Gasteiger partial charge in [-0.3, -0.25) is 14.2 Å². The minimum Gasteiger partial charge on any atom is -0.496 e. The molecule has 0 radical (unpaired) electrons. The number of hydrogen-bond donors (Lipinski definition) is 0. The fourth-order valence-electron chi connectivity index (χ4n) is 6.21. The molecule has 0 saturated heterocycles. The van der Waals surface area contributed by atoms with Gasteiger partial charge in [0, 0.05) is 47.4 Å². The topological polar surface area (TPSA) is 68.8 Å². The molecule has 0 aliphatic carbocycles. The Balaban J connectivity index is 1.56. The molecule has 9 heteroatoms. The van der Waals surface area contributed by atoms with Gasteiger partial charge in [0.25, 0.3) is 11.5 Å². The lowest BCUT2D eigenvalue weighted by atomic mass is 9.94. The number of thiazole rings is 1. The molecular formula is C36H35FN4O3S. The molecule has 0 unspecified atom stereocenters. The first-order chi connectivity index (χ1) is 21.8. The van der Waals surface area contributed by atoms with E-state index < -0.39 is 6.04 Å². The molecule has 0 bridgehead atoms. The van der Waals surface area contributed by atoms with E-state index in [0.717, 1.165) is 33.3 Å². The highest BCUT2D eigenvalue weighted by Gasteiger charge is 2.35. The molecule has 0 saturated carbocycles. The van der Waals surface area contributed by atoms with Crippen LogP contribution in [0.4, 0.5) is 4.39 Å². The summed E-state index contributed by atoms with van der Waals surface area (Å²) in [7, 11) is 1.59. The van der Waals surface area contributed by atoms with Gasteiger partial charge in [-0.15, -0.1) is 0 Å². The largest absolute Gasteiger partial charge is 0.496 e. The molecular weight excluding hydrogens is 587 g/mol. The van der Waals surface area contributed by atoms with Crippen molar-refractivity contribution in [2.45, 2.75) is 40.3 Å². The zero-order valence-electron chi connectivity index (χ0n) is 26.0. The maximum absolute atomic E-state index is 14.4.